The van der Waals surface area contributed by atoms with Gasteiger partial charge in [0.2, 0.25) is 8.32 Å². The Morgan fingerprint density at radius 3 is 2.50 bits per heavy atom. The Morgan fingerprint density at radius 2 is 1.95 bits per heavy atom. The van der Waals surface area contributed by atoms with Gasteiger partial charge >= 0.3 is 5.97 Å². The summed E-state index contributed by atoms with van der Waals surface area (Å²) in [5, 5.41) is 8.76. The van der Waals surface area contributed by atoms with Crippen molar-refractivity contribution < 1.29 is 28.5 Å². The predicted octanol–water partition coefficient (Wildman–Crippen LogP) is 1.89. The molecule has 0 bridgehead atoms. The molecule has 132 valence electrons. The van der Waals surface area contributed by atoms with E-state index in [0.29, 0.717) is 26.2 Å². The Labute approximate surface area is 135 Å². The van der Waals surface area contributed by atoms with E-state index in [-0.39, 0.29) is 30.8 Å². The molecule has 0 saturated carbocycles. The molecule has 2 unspecified atom stereocenters. The fourth-order valence-corrected chi connectivity index (χ4v) is 2.76. The number of carbonyl (C=O) groups excluding carboxylic acids is 1. The van der Waals surface area contributed by atoms with E-state index < -0.39 is 8.32 Å². The van der Waals surface area contributed by atoms with Crippen LogP contribution in [-0.4, -0.2) is 64.8 Å². The van der Waals surface area contributed by atoms with Gasteiger partial charge in [-0.25, -0.2) is 0 Å². The van der Waals surface area contributed by atoms with E-state index in [4.69, 9.17) is 23.7 Å². The molecule has 2 atom stereocenters. The van der Waals surface area contributed by atoms with Crippen LogP contribution in [0, 0.1) is 0 Å². The van der Waals surface area contributed by atoms with Gasteiger partial charge in [0.1, 0.15) is 5.73 Å². The highest BCUT2D eigenvalue weighted by Gasteiger charge is 2.36. The maximum Gasteiger partial charge on any atom is 0.306 e. The molecule has 0 aliphatic heterocycles. The quantitative estimate of drug-likeness (QED) is 0.314. The number of hydrogen-bond donors (Lipinski definition) is 1. The molecule has 0 aliphatic rings. The average Bonchev–Trinajstić information content (AvgIpc) is 2.50. The zero-order valence-corrected chi connectivity index (χ0v) is 15.6. The van der Waals surface area contributed by atoms with Crippen LogP contribution < -0.4 is 0 Å². The summed E-state index contributed by atoms with van der Waals surface area (Å²) in [5.74, 6) is -0.323. The second-order valence-corrected chi connectivity index (χ2v) is 10.0. The van der Waals surface area contributed by atoms with Gasteiger partial charge in [0.25, 0.3) is 0 Å². The minimum absolute atomic E-state index is 0.0195. The van der Waals surface area contributed by atoms with Crippen LogP contribution in [0.5, 0.6) is 0 Å². The standard InChI is InChI=1S/C15H32O6Si/c1-6-13(2)20-11-10-19-12-15(22(4,5)18-3)21-14(17)8-7-9-16/h13,15-16H,6-12H2,1-5H3. The Hall–Kier alpha value is -0.473. The van der Waals surface area contributed by atoms with Gasteiger partial charge in [-0.15, -0.1) is 0 Å². The number of aliphatic hydroxyl groups is 1. The molecule has 1 N–H and O–H groups in total. The van der Waals surface area contributed by atoms with Crippen LogP contribution in [0.4, 0.5) is 0 Å². The number of aliphatic hydroxyl groups excluding tert-OH is 1. The van der Waals surface area contributed by atoms with Crippen LogP contribution in [0.3, 0.4) is 0 Å². The Kier molecular flexibility index (Phi) is 11.8. The molecule has 0 aromatic rings. The van der Waals surface area contributed by atoms with E-state index in [1.54, 1.807) is 7.11 Å². The molecule has 0 aromatic carbocycles. The maximum atomic E-state index is 11.7. The molecule has 7 heteroatoms. The summed E-state index contributed by atoms with van der Waals surface area (Å²) in [6, 6.07) is 0. The van der Waals surface area contributed by atoms with Crippen LogP contribution in [-0.2, 0) is 23.4 Å². The molecular formula is C15H32O6Si. The summed E-state index contributed by atoms with van der Waals surface area (Å²) in [6.07, 6.45) is 1.80. The van der Waals surface area contributed by atoms with E-state index in [1.807, 2.05) is 20.0 Å². The number of ether oxygens (including phenoxy) is 3. The highest BCUT2D eigenvalue weighted by atomic mass is 28.4. The van der Waals surface area contributed by atoms with E-state index >= 15 is 0 Å². The molecule has 0 aliphatic carbocycles. The summed E-state index contributed by atoms with van der Waals surface area (Å²) < 4.78 is 22.1. The summed E-state index contributed by atoms with van der Waals surface area (Å²) in [5.41, 5.74) is -0.368. The summed E-state index contributed by atoms with van der Waals surface area (Å²) in [6.45, 7) is 9.33. The van der Waals surface area contributed by atoms with Crippen LogP contribution in [0.1, 0.15) is 33.1 Å². The van der Waals surface area contributed by atoms with Crippen molar-refractivity contribution in [3.8, 4) is 0 Å². The van der Waals surface area contributed by atoms with Crippen molar-refractivity contribution in [1.29, 1.82) is 0 Å². The number of rotatable bonds is 13. The van der Waals surface area contributed by atoms with Crippen molar-refractivity contribution in [2.45, 2.75) is 58.0 Å². The summed E-state index contributed by atoms with van der Waals surface area (Å²) in [7, 11) is -0.537. The van der Waals surface area contributed by atoms with Crippen LogP contribution in [0.2, 0.25) is 13.1 Å². The van der Waals surface area contributed by atoms with Crippen molar-refractivity contribution in [1.82, 2.24) is 0 Å². The fraction of sp³-hybridized carbons (Fsp3) is 0.933. The molecular weight excluding hydrogens is 304 g/mol. The third-order valence-corrected chi connectivity index (χ3v) is 6.48. The lowest BCUT2D eigenvalue weighted by molar-refractivity contribution is -0.149. The molecule has 0 saturated heterocycles. The first kappa shape index (κ1) is 21.5. The lowest BCUT2D eigenvalue weighted by atomic mass is 10.3. The van der Waals surface area contributed by atoms with Crippen molar-refractivity contribution >= 4 is 14.3 Å². The lowest BCUT2D eigenvalue weighted by Gasteiger charge is -2.30. The van der Waals surface area contributed by atoms with Gasteiger partial charge in [-0.05, 0) is 32.9 Å². The van der Waals surface area contributed by atoms with Gasteiger partial charge in [-0.2, -0.15) is 0 Å². The maximum absolute atomic E-state index is 11.7. The Morgan fingerprint density at radius 1 is 1.27 bits per heavy atom. The predicted molar refractivity (Wildman–Crippen MR) is 87.2 cm³/mol. The largest absolute Gasteiger partial charge is 0.461 e. The molecule has 0 radical (unpaired) electrons. The molecule has 22 heavy (non-hydrogen) atoms. The normalized spacial score (nSPS) is 14.6. The first-order valence-corrected chi connectivity index (χ1v) is 10.9. The zero-order valence-electron chi connectivity index (χ0n) is 14.6. The SMILES string of the molecule is CCC(C)OCCOCC(OC(=O)CCCO)[Si](C)(C)OC. The third kappa shape index (κ3) is 9.53. The van der Waals surface area contributed by atoms with Crippen LogP contribution in [0.15, 0.2) is 0 Å². The van der Waals surface area contributed by atoms with Crippen LogP contribution >= 0.6 is 0 Å². The van der Waals surface area contributed by atoms with Gasteiger partial charge < -0.3 is 23.7 Å². The first-order valence-electron chi connectivity index (χ1n) is 7.92. The van der Waals surface area contributed by atoms with Gasteiger partial charge in [-0.3, -0.25) is 4.79 Å². The Bertz CT molecular complexity index is 298. The second-order valence-electron chi connectivity index (χ2n) is 5.78. The molecule has 0 rings (SSSR count). The van der Waals surface area contributed by atoms with E-state index in [1.165, 1.54) is 0 Å². The van der Waals surface area contributed by atoms with E-state index in [0.717, 1.165) is 6.42 Å². The second kappa shape index (κ2) is 12.0. The number of carbonyl (C=O) groups is 1. The summed E-state index contributed by atoms with van der Waals surface area (Å²) >= 11 is 0. The van der Waals surface area contributed by atoms with Gasteiger partial charge in [-0.1, -0.05) is 6.92 Å². The molecule has 0 heterocycles. The van der Waals surface area contributed by atoms with E-state index in [2.05, 4.69) is 6.92 Å². The minimum atomic E-state index is -2.17. The first-order chi connectivity index (χ1) is 10.4. The minimum Gasteiger partial charge on any atom is -0.461 e. The van der Waals surface area contributed by atoms with Crippen molar-refractivity contribution in [3.63, 3.8) is 0 Å². The lowest BCUT2D eigenvalue weighted by Crippen LogP contribution is -2.49. The van der Waals surface area contributed by atoms with Crippen molar-refractivity contribution in [2.24, 2.45) is 0 Å². The Balaban J connectivity index is 4.23. The molecule has 0 fully saturated rings. The smallest absolute Gasteiger partial charge is 0.306 e. The molecule has 0 spiro atoms. The summed E-state index contributed by atoms with van der Waals surface area (Å²) in [4.78, 5) is 11.7. The fourth-order valence-electron chi connectivity index (χ4n) is 1.57. The molecule has 6 nitrogen and oxygen atoms in total. The number of hydrogen-bond acceptors (Lipinski definition) is 6. The van der Waals surface area contributed by atoms with Gasteiger partial charge in [0.05, 0.1) is 25.9 Å². The topological polar surface area (TPSA) is 74.2 Å². The molecule has 0 aromatic heterocycles. The van der Waals surface area contributed by atoms with Crippen LogP contribution in [0.25, 0.3) is 0 Å². The zero-order chi connectivity index (χ0) is 17.0. The van der Waals surface area contributed by atoms with Gasteiger partial charge in [0, 0.05) is 20.1 Å². The van der Waals surface area contributed by atoms with Gasteiger partial charge in [0.15, 0.2) is 0 Å². The molecule has 0 amide bonds. The highest BCUT2D eigenvalue weighted by molar-refractivity contribution is 6.72. The average molecular weight is 337 g/mol. The number of esters is 1. The van der Waals surface area contributed by atoms with E-state index in [9.17, 15) is 4.79 Å². The highest BCUT2D eigenvalue weighted by Crippen LogP contribution is 2.15. The van der Waals surface area contributed by atoms with Crippen molar-refractivity contribution in [3.05, 3.63) is 0 Å². The van der Waals surface area contributed by atoms with Crippen molar-refractivity contribution in [2.75, 3.05) is 33.5 Å². The third-order valence-electron chi connectivity index (χ3n) is 3.59. The monoisotopic (exact) mass is 336 g/mol.